The average molecular weight is 412 g/mol. The van der Waals surface area contributed by atoms with Gasteiger partial charge in [0.05, 0.1) is 26.8 Å². The van der Waals surface area contributed by atoms with E-state index < -0.39 is 20.8 Å². The summed E-state index contributed by atoms with van der Waals surface area (Å²) in [4.78, 5) is 10.1. The van der Waals surface area contributed by atoms with E-state index in [2.05, 4.69) is 10.0 Å². The zero-order valence-corrected chi connectivity index (χ0v) is 15.5. The Morgan fingerprint density at radius 3 is 2.45 bits per heavy atom. The summed E-state index contributed by atoms with van der Waals surface area (Å²) in [6.45, 7) is 0. The van der Waals surface area contributed by atoms with E-state index in [0.717, 1.165) is 12.1 Å². The number of nitro benzene ring substituents is 1. The van der Waals surface area contributed by atoms with Crippen molar-refractivity contribution in [3.8, 4) is 6.07 Å². The molecule has 0 aliphatic rings. The van der Waals surface area contributed by atoms with E-state index in [9.17, 15) is 28.2 Å². The van der Waals surface area contributed by atoms with Gasteiger partial charge >= 0.3 is 0 Å². The lowest BCUT2D eigenvalue weighted by atomic mass is 10.1. The average Bonchev–Trinajstić information content (AvgIpc) is 2.70. The first kappa shape index (κ1) is 19.8. The van der Waals surface area contributed by atoms with Crippen LogP contribution in [0.5, 0.6) is 0 Å². The van der Waals surface area contributed by atoms with Gasteiger partial charge in [-0.2, -0.15) is 5.26 Å². The molecule has 0 atom stereocenters. The summed E-state index contributed by atoms with van der Waals surface area (Å²) in [5.74, 6) is -0.713. The van der Waals surface area contributed by atoms with Gasteiger partial charge in [0.15, 0.2) is 0 Å². The molecular formula is C19H13FN4O4S. The number of nitrogens with zero attached hydrogens (tertiary/aromatic N) is 2. The van der Waals surface area contributed by atoms with Gasteiger partial charge in [0.2, 0.25) is 0 Å². The number of sulfonamides is 1. The molecule has 3 aromatic carbocycles. The van der Waals surface area contributed by atoms with Crippen LogP contribution in [0.25, 0.3) is 0 Å². The summed E-state index contributed by atoms with van der Waals surface area (Å²) in [6.07, 6.45) is 0. The number of nitriles is 1. The maximum Gasteiger partial charge on any atom is 0.270 e. The van der Waals surface area contributed by atoms with Crippen LogP contribution in [0.2, 0.25) is 0 Å². The molecule has 0 bridgehead atoms. The number of halogens is 1. The van der Waals surface area contributed by atoms with Gasteiger partial charge in [0, 0.05) is 17.8 Å². The number of benzene rings is 3. The third-order valence-corrected chi connectivity index (χ3v) is 5.24. The number of anilines is 3. The van der Waals surface area contributed by atoms with Gasteiger partial charge in [-0.25, -0.2) is 12.8 Å². The van der Waals surface area contributed by atoms with Crippen LogP contribution in [0.4, 0.5) is 27.1 Å². The summed E-state index contributed by atoms with van der Waals surface area (Å²) in [6, 6.07) is 16.6. The SMILES string of the molecule is N#Cc1cc([N+](=O)[O-])ccc1Nc1cccc(S(=O)(=O)Nc2ccccc2F)c1. The number of hydrogen-bond donors (Lipinski definition) is 2. The third kappa shape index (κ3) is 4.48. The Morgan fingerprint density at radius 1 is 1.00 bits per heavy atom. The number of rotatable bonds is 6. The minimum absolute atomic E-state index is 0.0249. The smallest absolute Gasteiger partial charge is 0.270 e. The molecule has 3 rings (SSSR count). The van der Waals surface area contributed by atoms with E-state index in [1.165, 1.54) is 48.5 Å². The van der Waals surface area contributed by atoms with E-state index in [1.54, 1.807) is 6.07 Å². The molecule has 0 aliphatic heterocycles. The number of nitrogens with one attached hydrogen (secondary N) is 2. The molecule has 0 aromatic heterocycles. The first-order chi connectivity index (χ1) is 13.8. The number of nitro groups is 1. The zero-order valence-electron chi connectivity index (χ0n) is 14.7. The first-order valence-corrected chi connectivity index (χ1v) is 9.61. The number of hydrogen-bond acceptors (Lipinski definition) is 6. The van der Waals surface area contributed by atoms with Gasteiger partial charge in [0.25, 0.3) is 15.7 Å². The summed E-state index contributed by atoms with van der Waals surface area (Å²) in [5, 5.41) is 22.9. The predicted molar refractivity (Wildman–Crippen MR) is 105 cm³/mol. The van der Waals surface area contributed by atoms with Crippen LogP contribution in [0, 0.1) is 27.3 Å². The van der Waals surface area contributed by atoms with Crippen LogP contribution in [0.15, 0.2) is 71.6 Å². The van der Waals surface area contributed by atoms with E-state index in [4.69, 9.17) is 0 Å². The highest BCUT2D eigenvalue weighted by Gasteiger charge is 2.17. The van der Waals surface area contributed by atoms with Crippen LogP contribution in [0.3, 0.4) is 0 Å². The van der Waals surface area contributed by atoms with Crippen molar-refractivity contribution in [1.29, 1.82) is 5.26 Å². The molecule has 0 unspecified atom stereocenters. The third-order valence-electron chi connectivity index (χ3n) is 3.88. The van der Waals surface area contributed by atoms with Crippen LogP contribution in [-0.4, -0.2) is 13.3 Å². The quantitative estimate of drug-likeness (QED) is 0.463. The van der Waals surface area contributed by atoms with Crippen molar-refractivity contribution < 1.29 is 17.7 Å². The van der Waals surface area contributed by atoms with Crippen molar-refractivity contribution in [1.82, 2.24) is 0 Å². The van der Waals surface area contributed by atoms with Crippen molar-refractivity contribution in [2.45, 2.75) is 4.90 Å². The molecule has 0 saturated heterocycles. The van der Waals surface area contributed by atoms with Crippen molar-refractivity contribution in [3.05, 3.63) is 88.2 Å². The second kappa shape index (κ2) is 7.95. The van der Waals surface area contributed by atoms with Crippen molar-refractivity contribution >= 4 is 32.8 Å². The Kier molecular flexibility index (Phi) is 5.43. The highest BCUT2D eigenvalue weighted by molar-refractivity contribution is 7.92. The standard InChI is InChI=1S/C19H13FN4O4S/c20-17-6-1-2-7-19(17)23-29(27,28)16-5-3-4-14(11-16)22-18-9-8-15(24(25)26)10-13(18)12-21/h1-11,22-23H. The Balaban J connectivity index is 1.89. The topological polar surface area (TPSA) is 125 Å². The molecule has 146 valence electrons. The number of non-ortho nitro benzene ring substituents is 1. The van der Waals surface area contributed by atoms with Gasteiger partial charge in [-0.15, -0.1) is 0 Å². The molecule has 0 heterocycles. The number of para-hydroxylation sites is 1. The van der Waals surface area contributed by atoms with E-state index >= 15 is 0 Å². The van der Waals surface area contributed by atoms with E-state index in [-0.39, 0.29) is 27.5 Å². The van der Waals surface area contributed by atoms with Crippen molar-refractivity contribution in [3.63, 3.8) is 0 Å². The molecular weight excluding hydrogens is 399 g/mol. The highest BCUT2D eigenvalue weighted by Crippen LogP contribution is 2.27. The zero-order chi connectivity index (χ0) is 21.0. The van der Waals surface area contributed by atoms with Crippen molar-refractivity contribution in [2.24, 2.45) is 0 Å². The van der Waals surface area contributed by atoms with Crippen LogP contribution in [0.1, 0.15) is 5.56 Å². The molecule has 2 N–H and O–H groups in total. The predicted octanol–water partition coefficient (Wildman–Crippen LogP) is 4.15. The lowest BCUT2D eigenvalue weighted by molar-refractivity contribution is -0.384. The second-order valence-electron chi connectivity index (χ2n) is 5.84. The second-order valence-corrected chi connectivity index (χ2v) is 7.52. The molecule has 3 aromatic rings. The summed E-state index contributed by atoms with van der Waals surface area (Å²) in [7, 11) is -4.07. The molecule has 0 aliphatic carbocycles. The molecule has 29 heavy (non-hydrogen) atoms. The maximum atomic E-state index is 13.8. The fraction of sp³-hybridized carbons (Fsp3) is 0. The van der Waals surface area contributed by atoms with Gasteiger partial charge in [-0.1, -0.05) is 18.2 Å². The molecule has 0 amide bonds. The molecule has 0 spiro atoms. The van der Waals surface area contributed by atoms with Crippen LogP contribution < -0.4 is 10.0 Å². The first-order valence-electron chi connectivity index (χ1n) is 8.13. The minimum Gasteiger partial charge on any atom is -0.354 e. The van der Waals surface area contributed by atoms with Gasteiger partial charge in [-0.3, -0.25) is 14.8 Å². The highest BCUT2D eigenvalue weighted by atomic mass is 32.2. The van der Waals surface area contributed by atoms with E-state index in [1.807, 2.05) is 6.07 Å². The maximum absolute atomic E-state index is 13.8. The molecule has 10 heteroatoms. The fourth-order valence-corrected chi connectivity index (χ4v) is 3.60. The van der Waals surface area contributed by atoms with Crippen LogP contribution in [-0.2, 0) is 10.0 Å². The Morgan fingerprint density at radius 2 is 1.76 bits per heavy atom. The summed E-state index contributed by atoms with van der Waals surface area (Å²) in [5.41, 5.74) is 0.198. The Bertz CT molecular complexity index is 1240. The van der Waals surface area contributed by atoms with Gasteiger partial charge in [-0.05, 0) is 36.4 Å². The lowest BCUT2D eigenvalue weighted by Gasteiger charge is -2.12. The van der Waals surface area contributed by atoms with Gasteiger partial charge in [0.1, 0.15) is 11.9 Å². The van der Waals surface area contributed by atoms with Gasteiger partial charge < -0.3 is 5.32 Å². The monoisotopic (exact) mass is 412 g/mol. The van der Waals surface area contributed by atoms with E-state index in [0.29, 0.717) is 5.69 Å². The Labute approximate surface area is 165 Å². The molecule has 8 nitrogen and oxygen atoms in total. The summed E-state index contributed by atoms with van der Waals surface area (Å²) >= 11 is 0. The lowest BCUT2D eigenvalue weighted by Crippen LogP contribution is -2.14. The summed E-state index contributed by atoms with van der Waals surface area (Å²) < 4.78 is 41.1. The molecule has 0 saturated carbocycles. The molecule has 0 radical (unpaired) electrons. The van der Waals surface area contributed by atoms with Crippen molar-refractivity contribution in [2.75, 3.05) is 10.0 Å². The minimum atomic E-state index is -4.07. The largest absolute Gasteiger partial charge is 0.354 e. The fourth-order valence-electron chi connectivity index (χ4n) is 2.49. The molecule has 0 fully saturated rings. The van der Waals surface area contributed by atoms with Crippen LogP contribution >= 0.6 is 0 Å². The Hall–Kier alpha value is -3.97. The normalized spacial score (nSPS) is 10.8.